The van der Waals surface area contributed by atoms with Crippen LogP contribution in [0.2, 0.25) is 0 Å². The molecule has 8 nitrogen and oxygen atoms in total. The van der Waals surface area contributed by atoms with E-state index in [2.05, 4.69) is 9.97 Å². The average molecular weight is 437 g/mol. The molecule has 0 radical (unpaired) electrons. The zero-order valence-electron chi connectivity index (χ0n) is 18.0. The van der Waals surface area contributed by atoms with Gasteiger partial charge in [0.05, 0.1) is 18.7 Å². The summed E-state index contributed by atoms with van der Waals surface area (Å²) in [6.45, 7) is 4.86. The van der Waals surface area contributed by atoms with Crippen LogP contribution in [0.25, 0.3) is 5.65 Å². The number of fused-ring (bicyclic) bond motifs is 2. The molecule has 1 amide bonds. The molecule has 5 rings (SSSR count). The monoisotopic (exact) mass is 437 g/mol. The predicted octanol–water partition coefficient (Wildman–Crippen LogP) is 2.89. The number of hydrogen-bond acceptors (Lipinski definition) is 6. The molecule has 1 unspecified atom stereocenters. The van der Waals surface area contributed by atoms with E-state index >= 15 is 0 Å². The van der Waals surface area contributed by atoms with E-state index in [0.29, 0.717) is 60.9 Å². The third kappa shape index (κ3) is 3.57. The molecule has 3 aromatic rings. The Morgan fingerprint density at radius 1 is 1.22 bits per heavy atom. The number of aromatic nitrogens is 3. The largest absolute Gasteiger partial charge is 0.488 e. The van der Waals surface area contributed by atoms with Crippen molar-refractivity contribution < 1.29 is 13.9 Å². The van der Waals surface area contributed by atoms with Gasteiger partial charge in [0.15, 0.2) is 11.6 Å². The highest BCUT2D eigenvalue weighted by atomic mass is 19.1. The van der Waals surface area contributed by atoms with Crippen LogP contribution in [-0.2, 0) is 0 Å². The molecule has 5 heterocycles. The Balaban J connectivity index is 1.46. The zero-order valence-corrected chi connectivity index (χ0v) is 18.0. The maximum Gasteiger partial charge on any atom is 0.260 e. The Labute approximate surface area is 184 Å². The molecule has 9 heteroatoms. The minimum Gasteiger partial charge on any atom is -0.488 e. The number of alkyl halides is 1. The third-order valence-electron chi connectivity index (χ3n) is 6.02. The second kappa shape index (κ2) is 7.58. The third-order valence-corrected chi connectivity index (χ3v) is 6.02. The van der Waals surface area contributed by atoms with Crippen LogP contribution in [0.4, 0.5) is 15.9 Å². The van der Waals surface area contributed by atoms with Gasteiger partial charge in [-0.15, -0.1) is 0 Å². The van der Waals surface area contributed by atoms with Gasteiger partial charge >= 0.3 is 0 Å². The van der Waals surface area contributed by atoms with Gasteiger partial charge in [0, 0.05) is 42.5 Å². The summed E-state index contributed by atoms with van der Waals surface area (Å²) in [6.07, 6.45) is 5.88. The summed E-state index contributed by atoms with van der Waals surface area (Å²) in [7, 11) is 0. The molecule has 2 aliphatic heterocycles. The van der Waals surface area contributed by atoms with E-state index in [1.165, 1.54) is 17.5 Å². The molecule has 0 aromatic carbocycles. The number of amides is 1. The maximum absolute atomic E-state index is 14.4. The molecule has 0 bridgehead atoms. The lowest BCUT2D eigenvalue weighted by Crippen LogP contribution is -2.46. The molecule has 1 atom stereocenters. The highest BCUT2D eigenvalue weighted by Crippen LogP contribution is 2.36. The van der Waals surface area contributed by atoms with E-state index in [1.807, 2.05) is 17.0 Å². The Hall–Kier alpha value is -3.49. The number of likely N-dealkylation sites (tertiary alicyclic amines) is 1. The summed E-state index contributed by atoms with van der Waals surface area (Å²) in [5.74, 6) is 0.839. The summed E-state index contributed by atoms with van der Waals surface area (Å²) in [4.78, 5) is 37.6. The number of hydrogen-bond donors (Lipinski definition) is 0. The van der Waals surface area contributed by atoms with E-state index in [4.69, 9.17) is 4.74 Å². The molecule has 1 fully saturated rings. The number of carbonyl (C=O) groups excluding carboxylic acids is 1. The number of ether oxygens (including phenoxy) is 1. The van der Waals surface area contributed by atoms with Gasteiger partial charge in [0.25, 0.3) is 11.5 Å². The number of halogens is 1. The summed E-state index contributed by atoms with van der Waals surface area (Å²) in [5.41, 5.74) is 0.844. The number of piperidine rings is 1. The average Bonchev–Trinajstić information content (AvgIpc) is 2.79. The zero-order chi connectivity index (χ0) is 22.5. The highest BCUT2D eigenvalue weighted by molar-refractivity contribution is 5.95. The summed E-state index contributed by atoms with van der Waals surface area (Å²) >= 11 is 0. The Morgan fingerprint density at radius 3 is 2.88 bits per heavy atom. The summed E-state index contributed by atoms with van der Waals surface area (Å²) in [5, 5.41) is 0. The normalized spacial score (nSPS) is 20.7. The fraction of sp³-hybridized carbons (Fsp3) is 0.391. The van der Waals surface area contributed by atoms with E-state index in [0.717, 1.165) is 5.69 Å². The molecule has 166 valence electrons. The van der Waals surface area contributed by atoms with Crippen LogP contribution >= 0.6 is 0 Å². The first-order valence-corrected chi connectivity index (χ1v) is 10.7. The fourth-order valence-electron chi connectivity index (χ4n) is 4.34. The van der Waals surface area contributed by atoms with Gasteiger partial charge in [0.2, 0.25) is 0 Å². The van der Waals surface area contributed by atoms with Gasteiger partial charge in [-0.1, -0.05) is 0 Å². The first kappa shape index (κ1) is 20.4. The molecule has 0 saturated carbocycles. The Morgan fingerprint density at radius 2 is 2.06 bits per heavy atom. The highest BCUT2D eigenvalue weighted by Gasteiger charge is 2.34. The van der Waals surface area contributed by atoms with Crippen molar-refractivity contribution in [2.24, 2.45) is 0 Å². The fourth-order valence-corrected chi connectivity index (χ4v) is 4.34. The van der Waals surface area contributed by atoms with Crippen LogP contribution in [0.3, 0.4) is 0 Å². The molecular formula is C23H24FN5O3. The van der Waals surface area contributed by atoms with Gasteiger partial charge in [-0.25, -0.2) is 14.4 Å². The first-order valence-electron chi connectivity index (χ1n) is 10.7. The lowest BCUT2D eigenvalue weighted by atomic mass is 9.96. The van der Waals surface area contributed by atoms with Crippen LogP contribution in [-0.4, -0.2) is 57.1 Å². The molecule has 1 saturated heterocycles. The molecule has 0 aliphatic carbocycles. The smallest absolute Gasteiger partial charge is 0.260 e. The molecule has 3 aromatic heterocycles. The SMILES string of the molecule is Cc1cnc2cc(N3CCOc4cc(C(=O)N5CCCC(C)(F)C5)cnc43)ccn2c1=O. The van der Waals surface area contributed by atoms with Crippen molar-refractivity contribution in [3.8, 4) is 5.75 Å². The maximum atomic E-state index is 14.4. The molecule has 32 heavy (non-hydrogen) atoms. The Bertz CT molecular complexity index is 1270. The van der Waals surface area contributed by atoms with Crippen molar-refractivity contribution in [2.45, 2.75) is 32.4 Å². The van der Waals surface area contributed by atoms with E-state index < -0.39 is 5.67 Å². The molecule has 2 aliphatic rings. The number of aryl methyl sites for hydroxylation is 1. The molecule has 0 N–H and O–H groups in total. The van der Waals surface area contributed by atoms with Crippen LogP contribution in [0.5, 0.6) is 5.75 Å². The minimum atomic E-state index is -1.37. The summed E-state index contributed by atoms with van der Waals surface area (Å²) in [6, 6.07) is 5.34. The van der Waals surface area contributed by atoms with Gasteiger partial charge in [-0.2, -0.15) is 0 Å². The van der Waals surface area contributed by atoms with Crippen molar-refractivity contribution in [1.82, 2.24) is 19.3 Å². The van der Waals surface area contributed by atoms with E-state index in [1.54, 1.807) is 30.3 Å². The lowest BCUT2D eigenvalue weighted by molar-refractivity contribution is 0.0417. The van der Waals surface area contributed by atoms with Crippen molar-refractivity contribution in [3.63, 3.8) is 0 Å². The lowest BCUT2D eigenvalue weighted by Gasteiger charge is -2.35. The van der Waals surface area contributed by atoms with Crippen molar-refractivity contribution >= 4 is 23.1 Å². The van der Waals surface area contributed by atoms with Crippen molar-refractivity contribution in [2.75, 3.05) is 31.1 Å². The van der Waals surface area contributed by atoms with Crippen LogP contribution in [0.1, 0.15) is 35.7 Å². The molecular weight excluding hydrogens is 413 g/mol. The molecule has 0 spiro atoms. The van der Waals surface area contributed by atoms with Crippen LogP contribution in [0.15, 0.2) is 41.6 Å². The van der Waals surface area contributed by atoms with Crippen molar-refractivity contribution in [3.05, 3.63) is 58.3 Å². The quantitative estimate of drug-likeness (QED) is 0.613. The standard InChI is InChI=1S/C23H24FN5O3/c1-15-12-25-19-11-17(4-7-29(19)21(15)30)28-8-9-32-18-10-16(13-26-20(18)28)22(31)27-6-3-5-23(2,24)14-27/h4,7,10-13H,3,5-6,8-9,14H2,1-2H3. The second-order valence-electron chi connectivity index (χ2n) is 8.65. The predicted molar refractivity (Wildman–Crippen MR) is 118 cm³/mol. The summed E-state index contributed by atoms with van der Waals surface area (Å²) < 4.78 is 21.7. The van der Waals surface area contributed by atoms with Gasteiger partial charge in [0.1, 0.15) is 17.9 Å². The van der Waals surface area contributed by atoms with Gasteiger partial charge in [-0.3, -0.25) is 14.0 Å². The van der Waals surface area contributed by atoms with E-state index in [9.17, 15) is 14.0 Å². The van der Waals surface area contributed by atoms with E-state index in [-0.39, 0.29) is 18.0 Å². The van der Waals surface area contributed by atoms with Crippen molar-refractivity contribution in [1.29, 1.82) is 0 Å². The number of nitrogens with zero attached hydrogens (tertiary/aromatic N) is 5. The number of pyridine rings is 2. The first-order chi connectivity index (χ1) is 15.3. The van der Waals surface area contributed by atoms with Gasteiger partial charge < -0.3 is 14.5 Å². The van der Waals surface area contributed by atoms with Gasteiger partial charge in [-0.05, 0) is 38.8 Å². The second-order valence-corrected chi connectivity index (χ2v) is 8.65. The van der Waals surface area contributed by atoms with Crippen LogP contribution < -0.4 is 15.2 Å². The number of anilines is 2. The topological polar surface area (TPSA) is 80.0 Å². The minimum absolute atomic E-state index is 0.0822. The van der Waals surface area contributed by atoms with Crippen LogP contribution in [0, 0.1) is 6.92 Å². The number of carbonyl (C=O) groups is 1. The Kier molecular flexibility index (Phi) is 4.83. The number of rotatable bonds is 2.